The number of carboxylic acid groups (broad SMARTS) is 1. The third-order valence-electron chi connectivity index (χ3n) is 6.42. The molecule has 1 heterocycles. The average Bonchev–Trinajstić information content (AvgIpc) is 3.01. The molecule has 1 aliphatic heterocycles. The van der Waals surface area contributed by atoms with Crippen LogP contribution in [0.15, 0.2) is 96.4 Å². The molecule has 1 saturated heterocycles. The van der Waals surface area contributed by atoms with Gasteiger partial charge in [-0.25, -0.2) is 9.59 Å². The zero-order valence-electron chi connectivity index (χ0n) is 21.9. The fraction of sp³-hybridized carbons (Fsp3) is 0.167. The van der Waals surface area contributed by atoms with Crippen LogP contribution in [0.1, 0.15) is 33.2 Å². The number of aliphatic hydroxyl groups excluding tert-OH is 1. The highest BCUT2D eigenvalue weighted by molar-refractivity contribution is 9.09. The van der Waals surface area contributed by atoms with E-state index in [1.54, 1.807) is 18.2 Å². The fourth-order valence-corrected chi connectivity index (χ4v) is 5.54. The number of rotatable bonds is 12. The Hall–Kier alpha value is -4.42. The lowest BCUT2D eigenvalue weighted by Crippen LogP contribution is -2.69. The number of carboxylic acids is 1. The van der Waals surface area contributed by atoms with Crippen molar-refractivity contribution in [2.45, 2.75) is 23.9 Å². The minimum Gasteiger partial charge on any atom is -0.509 e. The van der Waals surface area contributed by atoms with E-state index < -0.39 is 52.7 Å². The number of β-lactam (4-membered cyclic amide) rings is 1. The zero-order valence-corrected chi connectivity index (χ0v) is 24.3. The van der Waals surface area contributed by atoms with Gasteiger partial charge in [0.2, 0.25) is 5.91 Å². The number of alkyl halides is 1. The minimum absolute atomic E-state index is 0.156. The van der Waals surface area contributed by atoms with Crippen LogP contribution in [-0.2, 0) is 30.3 Å². The number of amides is 2. The topological polar surface area (TPSA) is 150 Å². The number of nitrogens with one attached hydrogen (secondary N) is 1. The summed E-state index contributed by atoms with van der Waals surface area (Å²) in [5.74, 6) is -4.29. The number of carbonyl (C=O) groups is 5. The Kier molecular flexibility index (Phi) is 10.2. The van der Waals surface area contributed by atoms with Gasteiger partial charge >= 0.3 is 11.9 Å². The van der Waals surface area contributed by atoms with Gasteiger partial charge in [-0.3, -0.25) is 19.3 Å². The van der Waals surface area contributed by atoms with E-state index >= 15 is 0 Å². The van der Waals surface area contributed by atoms with Gasteiger partial charge in [-0.05, 0) is 22.8 Å². The van der Waals surface area contributed by atoms with Crippen LogP contribution in [0.25, 0.3) is 0 Å². The molecule has 3 N–H and O–H groups in total. The Morgan fingerprint density at radius 3 is 2.07 bits per heavy atom. The lowest BCUT2D eigenvalue weighted by Gasteiger charge is -2.45. The van der Waals surface area contributed by atoms with Crippen molar-refractivity contribution in [1.29, 1.82) is 0 Å². The van der Waals surface area contributed by atoms with Gasteiger partial charge in [-0.1, -0.05) is 107 Å². The molecule has 42 heavy (non-hydrogen) atoms. The molecule has 4 rings (SSSR count). The molecule has 0 aliphatic carbocycles. The summed E-state index contributed by atoms with van der Waals surface area (Å²) in [7, 11) is 0. The fourth-order valence-electron chi connectivity index (χ4n) is 4.49. The molecule has 216 valence electrons. The molecule has 0 aromatic heterocycles. The maximum atomic E-state index is 13.4. The van der Waals surface area contributed by atoms with Crippen LogP contribution in [0.5, 0.6) is 0 Å². The van der Waals surface area contributed by atoms with Gasteiger partial charge in [-0.2, -0.15) is 0 Å². The van der Waals surface area contributed by atoms with Crippen LogP contribution in [-0.4, -0.2) is 61.2 Å². The van der Waals surface area contributed by atoms with Crippen molar-refractivity contribution in [2.75, 3.05) is 5.33 Å². The van der Waals surface area contributed by atoms with Crippen LogP contribution >= 0.6 is 27.7 Å². The first-order valence-corrected chi connectivity index (χ1v) is 14.6. The van der Waals surface area contributed by atoms with Crippen molar-refractivity contribution in [1.82, 2.24) is 10.2 Å². The number of nitrogens with zero attached hydrogens (tertiary/aromatic N) is 1. The van der Waals surface area contributed by atoms with Crippen LogP contribution < -0.4 is 5.32 Å². The number of thioether (sulfide) groups is 1. The van der Waals surface area contributed by atoms with Gasteiger partial charge in [0, 0.05) is 0 Å². The van der Waals surface area contributed by atoms with E-state index in [9.17, 15) is 34.2 Å². The molecule has 12 heteroatoms. The van der Waals surface area contributed by atoms with E-state index in [1.807, 2.05) is 60.7 Å². The first kappa shape index (κ1) is 30.5. The maximum absolute atomic E-state index is 13.4. The largest absolute Gasteiger partial charge is 0.509 e. The monoisotopic (exact) mass is 652 g/mol. The predicted octanol–water partition coefficient (Wildman–Crippen LogP) is 4.00. The summed E-state index contributed by atoms with van der Waals surface area (Å²) < 4.78 is 5.94. The predicted molar refractivity (Wildman–Crippen MR) is 158 cm³/mol. The third-order valence-corrected chi connectivity index (χ3v) is 7.82. The van der Waals surface area contributed by atoms with Crippen LogP contribution in [0, 0.1) is 0 Å². The number of aliphatic hydroxyl groups is 1. The number of benzene rings is 3. The summed E-state index contributed by atoms with van der Waals surface area (Å²) in [5.41, 5.74) is 1.74. The van der Waals surface area contributed by atoms with Crippen molar-refractivity contribution in [3.05, 3.63) is 119 Å². The van der Waals surface area contributed by atoms with Crippen molar-refractivity contribution in [3.63, 3.8) is 0 Å². The van der Waals surface area contributed by atoms with Gasteiger partial charge in [0.05, 0.1) is 17.3 Å². The number of carbonyl (C=O) groups excluding carboxylic acids is 4. The van der Waals surface area contributed by atoms with E-state index in [1.165, 1.54) is 6.07 Å². The number of hydrogen-bond acceptors (Lipinski definition) is 8. The van der Waals surface area contributed by atoms with Crippen molar-refractivity contribution in [2.24, 2.45) is 0 Å². The normalized spacial score (nSPS) is 16.7. The lowest BCUT2D eigenvalue weighted by molar-refractivity contribution is -0.150. The number of ether oxygens (including phenoxy) is 1. The maximum Gasteiger partial charge on any atom is 0.356 e. The number of hydrogen-bond donors (Lipinski definition) is 3. The lowest BCUT2D eigenvalue weighted by atomic mass is 10.0. The first-order chi connectivity index (χ1) is 20.3. The molecule has 3 aromatic carbocycles. The summed E-state index contributed by atoms with van der Waals surface area (Å²) in [6.45, 7) is 0. The second kappa shape index (κ2) is 14.0. The first-order valence-electron chi connectivity index (χ1n) is 12.6. The van der Waals surface area contributed by atoms with Gasteiger partial charge in [-0.15, -0.1) is 0 Å². The van der Waals surface area contributed by atoms with E-state index in [-0.39, 0.29) is 17.3 Å². The number of likely N-dealkylation sites (tertiary alicyclic amines) is 1. The quantitative estimate of drug-likeness (QED) is 0.0659. The second-order valence-electron chi connectivity index (χ2n) is 9.05. The number of allylic oxidation sites excluding steroid dienone is 1. The third kappa shape index (κ3) is 6.72. The molecule has 0 spiro atoms. The molecule has 0 saturated carbocycles. The molecular weight excluding hydrogens is 628 g/mol. The molecular formula is C30H25BrN2O8S. The van der Waals surface area contributed by atoms with Crippen molar-refractivity contribution >= 4 is 57.1 Å². The second-order valence-corrected chi connectivity index (χ2v) is 10.6. The van der Waals surface area contributed by atoms with Gasteiger partial charge in [0.1, 0.15) is 17.2 Å². The van der Waals surface area contributed by atoms with E-state index in [4.69, 9.17) is 4.74 Å². The summed E-state index contributed by atoms with van der Waals surface area (Å²) in [6, 6.07) is 23.6. The Balaban J connectivity index is 1.52. The smallest absolute Gasteiger partial charge is 0.356 e. The Labute approximate surface area is 253 Å². The molecule has 10 nitrogen and oxygen atoms in total. The zero-order chi connectivity index (χ0) is 30.2. The van der Waals surface area contributed by atoms with Crippen molar-refractivity contribution < 1.29 is 38.9 Å². The SMILES string of the molecule is O=CSC1C(NC(=O)Cc2ccccc2C(=O)OC(c2ccccc2)c2ccccc2)C(=O)N1/C(C(=O)O)=C(/O)CBr. The summed E-state index contributed by atoms with van der Waals surface area (Å²) >= 11 is 3.53. The minimum atomic E-state index is -1.57. The highest BCUT2D eigenvalue weighted by Crippen LogP contribution is 2.34. The van der Waals surface area contributed by atoms with E-state index in [2.05, 4.69) is 21.2 Å². The van der Waals surface area contributed by atoms with Crippen LogP contribution in [0.2, 0.25) is 0 Å². The average molecular weight is 654 g/mol. The van der Waals surface area contributed by atoms with Crippen LogP contribution in [0.3, 0.4) is 0 Å². The Bertz CT molecular complexity index is 1480. The number of halogens is 1. The van der Waals surface area contributed by atoms with Gasteiger partial charge < -0.3 is 20.3 Å². The van der Waals surface area contributed by atoms with E-state index in [0.29, 0.717) is 22.9 Å². The molecule has 2 atom stereocenters. The molecule has 2 unspecified atom stereocenters. The highest BCUT2D eigenvalue weighted by atomic mass is 79.9. The summed E-state index contributed by atoms with van der Waals surface area (Å²) in [4.78, 5) is 63.0. The Morgan fingerprint density at radius 1 is 0.952 bits per heavy atom. The Morgan fingerprint density at radius 2 is 1.52 bits per heavy atom. The molecule has 2 amide bonds. The van der Waals surface area contributed by atoms with Gasteiger partial charge in [0.15, 0.2) is 17.4 Å². The number of aliphatic carboxylic acids is 1. The summed E-state index contributed by atoms with van der Waals surface area (Å²) in [5, 5.41) is 20.7. The standard InChI is InChI=1S/C30H25BrN2O8S/c31-16-22(35)25(29(38)39)33-27(37)24(28(33)42-17-34)32-23(36)15-20-13-7-8-14-21(20)30(40)41-26(18-9-3-1-4-10-18)19-11-5-2-6-12-19/h1-14,17,24,26,28,35H,15-16H2,(H,32,36)(H,38,39)/b25-22+. The van der Waals surface area contributed by atoms with Gasteiger partial charge in [0.25, 0.3) is 5.91 Å². The molecule has 1 fully saturated rings. The van der Waals surface area contributed by atoms with Crippen molar-refractivity contribution in [3.8, 4) is 0 Å². The molecule has 1 aliphatic rings. The summed E-state index contributed by atoms with van der Waals surface area (Å²) in [6.07, 6.45) is -1.00. The molecule has 0 radical (unpaired) electrons. The highest BCUT2D eigenvalue weighted by Gasteiger charge is 2.52. The van der Waals surface area contributed by atoms with E-state index in [0.717, 1.165) is 16.0 Å². The molecule has 0 bridgehead atoms. The van der Waals surface area contributed by atoms with Crippen LogP contribution in [0.4, 0.5) is 0 Å². The number of esters is 1. The molecule has 3 aromatic rings.